The quantitative estimate of drug-likeness (QED) is 0.786. The molecule has 2 heterocycles. The Balaban J connectivity index is 2.02. The van der Waals surface area contributed by atoms with Crippen molar-refractivity contribution in [1.29, 1.82) is 5.26 Å². The molecule has 7 nitrogen and oxygen atoms in total. The third-order valence-corrected chi connectivity index (χ3v) is 4.43. The first kappa shape index (κ1) is 15.7. The van der Waals surface area contributed by atoms with E-state index in [0.717, 1.165) is 15.1 Å². The maximum absolute atomic E-state index is 12.1. The number of hydrogen-bond donors (Lipinski definition) is 1. The monoisotopic (exact) mass is 339 g/mol. The van der Waals surface area contributed by atoms with E-state index in [1.54, 1.807) is 18.3 Å². The number of aromatic nitrogens is 3. The average molecular weight is 339 g/mol. The summed E-state index contributed by atoms with van der Waals surface area (Å²) in [6, 6.07) is 9.24. The fraction of sp³-hybridized carbons (Fsp3) is 0.125. The molecule has 3 aromatic rings. The van der Waals surface area contributed by atoms with Crippen LogP contribution in [0.25, 0.3) is 10.6 Å². The van der Waals surface area contributed by atoms with Crippen LogP contribution in [0, 0.1) is 11.3 Å². The lowest BCUT2D eigenvalue weighted by atomic mass is 10.2. The summed E-state index contributed by atoms with van der Waals surface area (Å²) in [5, 5.41) is 15.0. The van der Waals surface area contributed by atoms with E-state index in [2.05, 4.69) is 10.3 Å². The molecule has 0 radical (unpaired) electrons. The van der Waals surface area contributed by atoms with Crippen molar-refractivity contribution in [2.24, 2.45) is 14.1 Å². The normalized spacial score (nSPS) is 10.4. The van der Waals surface area contributed by atoms with E-state index >= 15 is 0 Å². The van der Waals surface area contributed by atoms with Gasteiger partial charge in [-0.1, -0.05) is 0 Å². The zero-order valence-corrected chi connectivity index (χ0v) is 13.8. The largest absolute Gasteiger partial charge is 0.340 e. The second-order valence-corrected chi connectivity index (χ2v) is 5.98. The topological polar surface area (TPSA) is 92.7 Å². The first-order chi connectivity index (χ1) is 11.5. The Bertz CT molecular complexity index is 1040. The Kier molecular flexibility index (Phi) is 4.02. The highest BCUT2D eigenvalue weighted by Crippen LogP contribution is 2.24. The smallest absolute Gasteiger partial charge is 0.332 e. The Labute approximate surface area is 141 Å². The van der Waals surface area contributed by atoms with Crippen LogP contribution in [-0.4, -0.2) is 14.1 Å². The molecule has 120 valence electrons. The molecule has 3 rings (SSSR count). The Morgan fingerprint density at radius 3 is 2.46 bits per heavy atom. The van der Waals surface area contributed by atoms with Crippen LogP contribution in [-0.2, 0) is 14.1 Å². The van der Waals surface area contributed by atoms with Crippen LogP contribution in [0.4, 0.5) is 11.5 Å². The first-order valence-electron chi connectivity index (χ1n) is 7.00. The summed E-state index contributed by atoms with van der Waals surface area (Å²) in [6.45, 7) is 0. The van der Waals surface area contributed by atoms with Crippen LogP contribution < -0.4 is 16.6 Å². The lowest BCUT2D eigenvalue weighted by Crippen LogP contribution is -2.39. The molecular weight excluding hydrogens is 326 g/mol. The highest BCUT2D eigenvalue weighted by Gasteiger charge is 2.15. The van der Waals surface area contributed by atoms with Gasteiger partial charge >= 0.3 is 5.69 Å². The zero-order chi connectivity index (χ0) is 17.3. The van der Waals surface area contributed by atoms with Gasteiger partial charge in [-0.15, -0.1) is 11.3 Å². The van der Waals surface area contributed by atoms with Gasteiger partial charge in [0.2, 0.25) is 0 Å². The molecule has 2 aromatic heterocycles. The van der Waals surface area contributed by atoms with Gasteiger partial charge in [0.15, 0.2) is 5.56 Å². The summed E-state index contributed by atoms with van der Waals surface area (Å²) in [5.41, 5.74) is 0.399. The third-order valence-electron chi connectivity index (χ3n) is 3.60. The van der Waals surface area contributed by atoms with Crippen molar-refractivity contribution < 1.29 is 0 Å². The number of hydrogen-bond acceptors (Lipinski definition) is 6. The summed E-state index contributed by atoms with van der Waals surface area (Å²) in [6.07, 6.45) is 1.74. The highest BCUT2D eigenvalue weighted by molar-refractivity contribution is 7.13. The maximum Gasteiger partial charge on any atom is 0.332 e. The lowest BCUT2D eigenvalue weighted by molar-refractivity contribution is 0.689. The minimum atomic E-state index is -0.623. The average Bonchev–Trinajstić information content (AvgIpc) is 3.13. The van der Waals surface area contributed by atoms with E-state index in [1.165, 1.54) is 30.0 Å². The minimum Gasteiger partial charge on any atom is -0.340 e. The van der Waals surface area contributed by atoms with Gasteiger partial charge < -0.3 is 5.32 Å². The lowest BCUT2D eigenvalue weighted by Gasteiger charge is -2.13. The maximum atomic E-state index is 12.1. The van der Waals surface area contributed by atoms with Crippen LogP contribution in [0.1, 0.15) is 5.56 Å². The van der Waals surface area contributed by atoms with Crippen LogP contribution in [0.15, 0.2) is 45.4 Å². The van der Waals surface area contributed by atoms with Gasteiger partial charge in [0.05, 0.1) is 0 Å². The van der Waals surface area contributed by atoms with Gasteiger partial charge in [0.25, 0.3) is 5.56 Å². The van der Waals surface area contributed by atoms with E-state index < -0.39 is 11.2 Å². The molecule has 0 spiro atoms. The predicted octanol–water partition coefficient (Wildman–Crippen LogP) is 1.82. The molecule has 0 saturated heterocycles. The Morgan fingerprint density at radius 1 is 1.17 bits per heavy atom. The molecule has 1 N–H and O–H groups in total. The molecule has 0 atom stereocenters. The Hall–Kier alpha value is -3.18. The van der Waals surface area contributed by atoms with E-state index in [1.807, 2.05) is 23.6 Å². The van der Waals surface area contributed by atoms with Crippen molar-refractivity contribution in [1.82, 2.24) is 14.1 Å². The summed E-state index contributed by atoms with van der Waals surface area (Å²) in [4.78, 5) is 28.4. The van der Waals surface area contributed by atoms with E-state index in [9.17, 15) is 14.9 Å². The van der Waals surface area contributed by atoms with E-state index in [0.29, 0.717) is 5.69 Å². The first-order valence-corrected chi connectivity index (χ1v) is 7.88. The van der Waals surface area contributed by atoms with E-state index in [-0.39, 0.29) is 11.4 Å². The number of anilines is 2. The zero-order valence-electron chi connectivity index (χ0n) is 13.0. The predicted molar refractivity (Wildman–Crippen MR) is 92.5 cm³/mol. The van der Waals surface area contributed by atoms with Crippen molar-refractivity contribution in [2.75, 3.05) is 5.32 Å². The molecule has 0 bridgehead atoms. The van der Waals surface area contributed by atoms with Crippen molar-refractivity contribution >= 4 is 22.8 Å². The number of nitriles is 1. The molecule has 0 saturated carbocycles. The van der Waals surface area contributed by atoms with Crippen molar-refractivity contribution in [3.05, 3.63) is 62.2 Å². The van der Waals surface area contributed by atoms with Gasteiger partial charge in [-0.25, -0.2) is 9.78 Å². The fourth-order valence-corrected chi connectivity index (χ4v) is 2.93. The summed E-state index contributed by atoms with van der Waals surface area (Å²) in [5.74, 6) is 0.174. The number of nitrogens with zero attached hydrogens (tertiary/aromatic N) is 4. The van der Waals surface area contributed by atoms with Crippen LogP contribution >= 0.6 is 11.3 Å². The second-order valence-electron chi connectivity index (χ2n) is 5.08. The van der Waals surface area contributed by atoms with Crippen LogP contribution in [0.5, 0.6) is 0 Å². The van der Waals surface area contributed by atoms with Crippen LogP contribution in [0.2, 0.25) is 0 Å². The Morgan fingerprint density at radius 2 is 1.88 bits per heavy atom. The molecule has 0 fully saturated rings. The van der Waals surface area contributed by atoms with Crippen molar-refractivity contribution in [3.63, 3.8) is 0 Å². The van der Waals surface area contributed by atoms with Crippen molar-refractivity contribution in [2.45, 2.75) is 0 Å². The fourth-order valence-electron chi connectivity index (χ4n) is 2.29. The third kappa shape index (κ3) is 2.61. The summed E-state index contributed by atoms with van der Waals surface area (Å²) < 4.78 is 2.16. The highest BCUT2D eigenvalue weighted by atomic mass is 32.1. The van der Waals surface area contributed by atoms with Gasteiger partial charge in [-0.05, 0) is 24.3 Å². The standard InChI is InChI=1S/C16H13N5O2S/c1-20-13(12(9-17)15(22)21(2)16(20)23)19-11-5-3-10(4-6-11)14-18-7-8-24-14/h3-8,19H,1-2H3. The molecule has 0 aliphatic heterocycles. The number of rotatable bonds is 3. The van der Waals surface area contributed by atoms with Crippen molar-refractivity contribution in [3.8, 4) is 16.6 Å². The van der Waals surface area contributed by atoms with Crippen LogP contribution in [0.3, 0.4) is 0 Å². The second kappa shape index (κ2) is 6.14. The molecule has 24 heavy (non-hydrogen) atoms. The molecule has 0 unspecified atom stereocenters. The van der Waals surface area contributed by atoms with Gasteiger partial charge in [0.1, 0.15) is 16.9 Å². The molecule has 1 aromatic carbocycles. The molecule has 0 aliphatic carbocycles. The molecular formula is C16H13N5O2S. The SMILES string of the molecule is Cn1c(Nc2ccc(-c3nccs3)cc2)c(C#N)c(=O)n(C)c1=O. The number of thiazole rings is 1. The molecule has 0 aliphatic rings. The van der Waals surface area contributed by atoms with Gasteiger partial charge in [-0.3, -0.25) is 13.9 Å². The number of nitrogens with one attached hydrogen (secondary N) is 1. The van der Waals surface area contributed by atoms with E-state index in [4.69, 9.17) is 0 Å². The molecule has 8 heteroatoms. The molecule has 0 amide bonds. The number of benzene rings is 1. The minimum absolute atomic E-state index is 0.108. The summed E-state index contributed by atoms with van der Waals surface area (Å²) >= 11 is 1.54. The summed E-state index contributed by atoms with van der Waals surface area (Å²) in [7, 11) is 2.85. The van der Waals surface area contributed by atoms with Gasteiger partial charge in [-0.2, -0.15) is 5.26 Å². The van der Waals surface area contributed by atoms with Gasteiger partial charge in [0, 0.05) is 36.9 Å².